The fourth-order valence-corrected chi connectivity index (χ4v) is 4.98. The van der Waals surface area contributed by atoms with Crippen LogP contribution in [0.1, 0.15) is 29.2 Å². The number of hydrogen-bond donors (Lipinski definition) is 2. The number of pyridine rings is 1. The van der Waals surface area contributed by atoms with Crippen molar-refractivity contribution in [2.75, 3.05) is 23.9 Å². The average Bonchev–Trinajstić information content (AvgIpc) is 3.62. The number of rotatable bonds is 8. The maximum atomic E-state index is 12.0. The Morgan fingerprint density at radius 2 is 2.11 bits per heavy atom. The summed E-state index contributed by atoms with van der Waals surface area (Å²) < 4.78 is 12.6. The van der Waals surface area contributed by atoms with Crippen molar-refractivity contribution in [2.24, 2.45) is 0 Å². The van der Waals surface area contributed by atoms with Gasteiger partial charge in [-0.05, 0) is 66.8 Å². The summed E-state index contributed by atoms with van der Waals surface area (Å²) >= 11 is 12.4. The van der Waals surface area contributed by atoms with Gasteiger partial charge in [0.05, 0.1) is 35.3 Å². The molecule has 8 nitrogen and oxygen atoms in total. The largest absolute Gasteiger partial charge is 0.467 e. The van der Waals surface area contributed by atoms with Gasteiger partial charge in [-0.3, -0.25) is 9.78 Å². The molecule has 10 heteroatoms. The summed E-state index contributed by atoms with van der Waals surface area (Å²) in [5.74, 6) is 0.565. The first-order chi connectivity index (χ1) is 17.5. The van der Waals surface area contributed by atoms with Gasteiger partial charge in [-0.25, -0.2) is 0 Å². The lowest BCUT2D eigenvalue weighted by atomic mass is 10.0. The van der Waals surface area contributed by atoms with Gasteiger partial charge in [-0.15, -0.1) is 0 Å². The SMILES string of the molecule is COCC(=O)Nc1ccc(N2C(=S)N[C@H](c3ccccn3)[C@H]2c2cccn2Cc2ccco2)cc1Cl. The molecule has 4 aromatic rings. The number of benzene rings is 1. The number of hydrogen-bond acceptors (Lipinski definition) is 5. The first kappa shape index (κ1) is 24.1. The summed E-state index contributed by atoms with van der Waals surface area (Å²) in [5.41, 5.74) is 3.19. The lowest BCUT2D eigenvalue weighted by molar-refractivity contribution is -0.119. The Bertz CT molecular complexity index is 1360. The van der Waals surface area contributed by atoms with Gasteiger partial charge in [0.2, 0.25) is 5.91 Å². The van der Waals surface area contributed by atoms with E-state index in [2.05, 4.69) is 26.3 Å². The van der Waals surface area contributed by atoms with Crippen molar-refractivity contribution in [3.8, 4) is 0 Å². The summed E-state index contributed by atoms with van der Waals surface area (Å²) in [5, 5.41) is 7.16. The highest BCUT2D eigenvalue weighted by Gasteiger charge is 2.42. The zero-order chi connectivity index (χ0) is 25.1. The van der Waals surface area contributed by atoms with E-state index in [9.17, 15) is 4.79 Å². The van der Waals surface area contributed by atoms with Gasteiger partial charge in [0.15, 0.2) is 5.11 Å². The van der Waals surface area contributed by atoms with Crippen LogP contribution in [0.3, 0.4) is 0 Å². The zero-order valence-corrected chi connectivity index (χ0v) is 21.0. The minimum atomic E-state index is -0.283. The number of methoxy groups -OCH3 is 1. The monoisotopic (exact) mass is 521 g/mol. The fraction of sp³-hybridized carbons (Fsp3) is 0.192. The van der Waals surface area contributed by atoms with Crippen molar-refractivity contribution in [3.63, 3.8) is 0 Å². The maximum Gasteiger partial charge on any atom is 0.250 e. The van der Waals surface area contributed by atoms with E-state index in [1.807, 2.05) is 53.6 Å². The second-order valence-corrected chi connectivity index (χ2v) is 9.08. The Morgan fingerprint density at radius 3 is 2.83 bits per heavy atom. The van der Waals surface area contributed by atoms with Crippen LogP contribution in [0.25, 0.3) is 0 Å². The number of aromatic nitrogens is 2. The number of anilines is 2. The van der Waals surface area contributed by atoms with Crippen LogP contribution < -0.4 is 15.5 Å². The van der Waals surface area contributed by atoms with Crippen LogP contribution in [0.2, 0.25) is 5.02 Å². The maximum absolute atomic E-state index is 12.0. The highest BCUT2D eigenvalue weighted by molar-refractivity contribution is 7.80. The number of carbonyl (C=O) groups excluding carboxylic acids is 1. The third-order valence-corrected chi connectivity index (χ3v) is 6.58. The molecule has 1 fully saturated rings. The average molecular weight is 522 g/mol. The Morgan fingerprint density at radius 1 is 1.22 bits per heavy atom. The predicted molar refractivity (Wildman–Crippen MR) is 142 cm³/mol. The van der Waals surface area contributed by atoms with Gasteiger partial charge in [0.25, 0.3) is 0 Å². The number of ether oxygens (including phenoxy) is 1. The second kappa shape index (κ2) is 10.5. The quantitative estimate of drug-likeness (QED) is 0.318. The van der Waals surface area contributed by atoms with E-state index in [4.69, 9.17) is 33.0 Å². The lowest BCUT2D eigenvalue weighted by Gasteiger charge is -2.29. The van der Waals surface area contributed by atoms with E-state index in [-0.39, 0.29) is 24.6 Å². The number of halogens is 1. The molecule has 0 aliphatic carbocycles. The van der Waals surface area contributed by atoms with Crippen LogP contribution in [0.15, 0.2) is 83.7 Å². The number of carbonyl (C=O) groups is 1. The van der Waals surface area contributed by atoms with Crippen LogP contribution in [-0.4, -0.2) is 34.3 Å². The molecule has 0 spiro atoms. The minimum absolute atomic E-state index is 0.0568. The molecule has 5 rings (SSSR count). The van der Waals surface area contributed by atoms with Gasteiger partial charge in [-0.1, -0.05) is 17.7 Å². The number of furan rings is 1. The topological polar surface area (TPSA) is 84.6 Å². The Kier molecular flexibility index (Phi) is 7.04. The second-order valence-electron chi connectivity index (χ2n) is 8.28. The number of nitrogens with zero attached hydrogens (tertiary/aromatic N) is 3. The molecule has 0 bridgehead atoms. The van der Waals surface area contributed by atoms with Crippen molar-refractivity contribution in [1.82, 2.24) is 14.9 Å². The molecule has 1 aliphatic rings. The molecule has 1 amide bonds. The molecular weight excluding hydrogens is 498 g/mol. The van der Waals surface area contributed by atoms with E-state index in [1.165, 1.54) is 7.11 Å². The van der Waals surface area contributed by atoms with Crippen LogP contribution in [0, 0.1) is 0 Å². The van der Waals surface area contributed by atoms with Crippen LogP contribution in [0.5, 0.6) is 0 Å². The third kappa shape index (κ3) is 4.86. The molecule has 2 atom stereocenters. The molecule has 36 heavy (non-hydrogen) atoms. The molecule has 1 saturated heterocycles. The standard InChI is InChI=1S/C26H24ClN5O3S/c1-34-16-23(33)29-20-10-9-17(14-19(20)27)32-25(24(30-26(32)36)21-7-2-3-11-28-21)22-8-4-12-31(22)15-18-6-5-13-35-18/h2-14,24-25H,15-16H2,1H3,(H,29,33)(H,30,36)/t24-,25-/m1/s1. The first-order valence-corrected chi connectivity index (χ1v) is 12.1. The Hall–Kier alpha value is -3.66. The normalized spacial score (nSPS) is 17.3. The lowest BCUT2D eigenvalue weighted by Crippen LogP contribution is -2.30. The minimum Gasteiger partial charge on any atom is -0.467 e. The van der Waals surface area contributed by atoms with Crippen LogP contribution in [0.4, 0.5) is 11.4 Å². The summed E-state index contributed by atoms with van der Waals surface area (Å²) in [6, 6.07) is 18.8. The van der Waals surface area contributed by atoms with Crippen LogP contribution in [-0.2, 0) is 16.1 Å². The highest BCUT2D eigenvalue weighted by Crippen LogP contribution is 2.43. The Balaban J connectivity index is 1.54. The van der Waals surface area contributed by atoms with E-state index < -0.39 is 0 Å². The van der Waals surface area contributed by atoms with Gasteiger partial charge >= 0.3 is 0 Å². The number of nitrogens with one attached hydrogen (secondary N) is 2. The van der Waals surface area contributed by atoms with Crippen LogP contribution >= 0.6 is 23.8 Å². The van der Waals surface area contributed by atoms with Crippen molar-refractivity contribution in [1.29, 1.82) is 0 Å². The summed E-state index contributed by atoms with van der Waals surface area (Å²) in [4.78, 5) is 18.6. The third-order valence-electron chi connectivity index (χ3n) is 5.95. The Labute approximate surface area is 218 Å². The van der Waals surface area contributed by atoms with E-state index >= 15 is 0 Å². The van der Waals surface area contributed by atoms with Crippen molar-refractivity contribution >= 4 is 46.2 Å². The molecular formula is C26H24ClN5O3S. The van der Waals surface area contributed by atoms with E-state index in [0.29, 0.717) is 22.4 Å². The molecule has 0 radical (unpaired) electrons. The molecule has 3 aromatic heterocycles. The molecule has 0 saturated carbocycles. The molecule has 1 aliphatic heterocycles. The van der Waals surface area contributed by atoms with Gasteiger partial charge in [0, 0.05) is 30.9 Å². The predicted octanol–water partition coefficient (Wildman–Crippen LogP) is 4.94. The van der Waals surface area contributed by atoms with Gasteiger partial charge in [-0.2, -0.15) is 0 Å². The van der Waals surface area contributed by atoms with E-state index in [1.54, 1.807) is 24.6 Å². The molecule has 184 valence electrons. The highest BCUT2D eigenvalue weighted by atomic mass is 35.5. The zero-order valence-electron chi connectivity index (χ0n) is 19.4. The van der Waals surface area contributed by atoms with Gasteiger partial charge in [0.1, 0.15) is 18.4 Å². The van der Waals surface area contributed by atoms with Crippen molar-refractivity contribution in [3.05, 3.63) is 101 Å². The summed E-state index contributed by atoms with van der Waals surface area (Å²) in [7, 11) is 1.46. The molecule has 0 unspecified atom stereocenters. The van der Waals surface area contributed by atoms with Crippen molar-refractivity contribution < 1.29 is 13.9 Å². The first-order valence-electron chi connectivity index (χ1n) is 11.3. The fourth-order valence-electron chi connectivity index (χ4n) is 4.42. The molecule has 1 aromatic carbocycles. The molecule has 4 heterocycles. The summed E-state index contributed by atoms with van der Waals surface area (Å²) in [6.45, 7) is 0.519. The van der Waals surface area contributed by atoms with Crippen molar-refractivity contribution in [2.45, 2.75) is 18.6 Å². The smallest absolute Gasteiger partial charge is 0.250 e. The molecule has 2 N–H and O–H groups in total. The summed E-state index contributed by atoms with van der Waals surface area (Å²) in [6.07, 6.45) is 5.47. The number of amides is 1. The van der Waals surface area contributed by atoms with Gasteiger partial charge < -0.3 is 29.3 Å². The number of thiocarbonyl (C=S) groups is 1. The van der Waals surface area contributed by atoms with E-state index in [0.717, 1.165) is 22.8 Å².